The van der Waals surface area contributed by atoms with Crippen molar-refractivity contribution in [3.8, 4) is 0 Å². The molecule has 138 valence electrons. The molecule has 1 unspecified atom stereocenters. The van der Waals surface area contributed by atoms with Gasteiger partial charge in [-0.1, -0.05) is 12.1 Å². The summed E-state index contributed by atoms with van der Waals surface area (Å²) in [6.45, 7) is 3.63. The number of aliphatic hydroxyl groups excluding tert-OH is 1. The van der Waals surface area contributed by atoms with Gasteiger partial charge in [-0.05, 0) is 30.5 Å². The van der Waals surface area contributed by atoms with E-state index in [4.69, 9.17) is 4.74 Å². The Morgan fingerprint density at radius 1 is 1.00 bits per heavy atom. The number of hydrogen-bond acceptors (Lipinski definition) is 6. The standard InChI is InChI=1S/C19H23FN4O2/c20-15-3-1-14(2-4-15)17-12-24(9-10-26-17)19-11-18(21-13-22-19)23-7-5-16(25)6-8-23/h1-4,11,13,16-17,25H,5-10,12H2. The van der Waals surface area contributed by atoms with Crippen molar-refractivity contribution in [2.24, 2.45) is 0 Å². The monoisotopic (exact) mass is 358 g/mol. The molecule has 0 radical (unpaired) electrons. The van der Waals surface area contributed by atoms with E-state index < -0.39 is 0 Å². The fraction of sp³-hybridized carbons (Fsp3) is 0.474. The Morgan fingerprint density at radius 2 is 1.69 bits per heavy atom. The van der Waals surface area contributed by atoms with Crippen LogP contribution in [0.1, 0.15) is 24.5 Å². The lowest BCUT2D eigenvalue weighted by Crippen LogP contribution is -2.39. The van der Waals surface area contributed by atoms with Gasteiger partial charge in [-0.2, -0.15) is 0 Å². The number of hydrogen-bond donors (Lipinski definition) is 1. The number of ether oxygens (including phenoxy) is 1. The van der Waals surface area contributed by atoms with E-state index in [9.17, 15) is 9.50 Å². The summed E-state index contributed by atoms with van der Waals surface area (Å²) in [6.07, 6.45) is 2.82. The maximum Gasteiger partial charge on any atom is 0.134 e. The van der Waals surface area contributed by atoms with E-state index in [2.05, 4.69) is 19.8 Å². The smallest absolute Gasteiger partial charge is 0.134 e. The number of morpholine rings is 1. The van der Waals surface area contributed by atoms with Crippen molar-refractivity contribution >= 4 is 11.6 Å². The summed E-state index contributed by atoms with van der Waals surface area (Å²) in [4.78, 5) is 13.2. The third-order valence-electron chi connectivity index (χ3n) is 5.06. The minimum atomic E-state index is -0.242. The molecule has 1 atom stereocenters. The maximum absolute atomic E-state index is 13.2. The zero-order valence-electron chi connectivity index (χ0n) is 14.6. The first kappa shape index (κ1) is 17.2. The second-order valence-electron chi connectivity index (χ2n) is 6.81. The number of rotatable bonds is 3. The summed E-state index contributed by atoms with van der Waals surface area (Å²) in [5.74, 6) is 1.52. The SMILES string of the molecule is OC1CCN(c2cc(N3CCOC(c4ccc(F)cc4)C3)ncn2)CC1. The molecule has 26 heavy (non-hydrogen) atoms. The molecule has 0 amide bonds. The Morgan fingerprint density at radius 3 is 2.42 bits per heavy atom. The van der Waals surface area contributed by atoms with Crippen LogP contribution < -0.4 is 9.80 Å². The van der Waals surface area contributed by atoms with Gasteiger partial charge in [0.1, 0.15) is 29.9 Å². The van der Waals surface area contributed by atoms with Gasteiger partial charge in [0.15, 0.2) is 0 Å². The van der Waals surface area contributed by atoms with Gasteiger partial charge in [-0.3, -0.25) is 0 Å². The first-order valence-corrected chi connectivity index (χ1v) is 9.06. The van der Waals surface area contributed by atoms with E-state index in [0.717, 1.165) is 49.7 Å². The molecule has 3 heterocycles. The van der Waals surface area contributed by atoms with E-state index in [1.165, 1.54) is 12.1 Å². The minimum absolute atomic E-state index is 0.104. The molecule has 7 heteroatoms. The molecule has 6 nitrogen and oxygen atoms in total. The highest BCUT2D eigenvalue weighted by Crippen LogP contribution is 2.27. The van der Waals surface area contributed by atoms with E-state index >= 15 is 0 Å². The van der Waals surface area contributed by atoms with Crippen molar-refractivity contribution in [2.45, 2.75) is 25.0 Å². The predicted octanol–water partition coefficient (Wildman–Crippen LogP) is 2.15. The van der Waals surface area contributed by atoms with Crippen LogP contribution in [0.5, 0.6) is 0 Å². The van der Waals surface area contributed by atoms with Crippen molar-refractivity contribution in [2.75, 3.05) is 42.6 Å². The Labute approximate surface area is 152 Å². The average Bonchev–Trinajstić information content (AvgIpc) is 2.69. The molecule has 1 N–H and O–H groups in total. The number of piperidine rings is 1. The van der Waals surface area contributed by atoms with Crippen LogP contribution in [0.25, 0.3) is 0 Å². The topological polar surface area (TPSA) is 61.7 Å². The van der Waals surface area contributed by atoms with Gasteiger partial charge in [0.2, 0.25) is 0 Å². The number of nitrogens with zero attached hydrogens (tertiary/aromatic N) is 4. The van der Waals surface area contributed by atoms with Crippen LogP contribution in [-0.4, -0.2) is 54.0 Å². The number of benzene rings is 1. The molecule has 2 fully saturated rings. The van der Waals surface area contributed by atoms with Crippen LogP contribution in [-0.2, 0) is 4.74 Å². The second kappa shape index (κ2) is 7.55. The summed E-state index contributed by atoms with van der Waals surface area (Å²) in [6, 6.07) is 8.48. The third-order valence-corrected chi connectivity index (χ3v) is 5.06. The highest BCUT2D eigenvalue weighted by Gasteiger charge is 2.24. The Kier molecular flexibility index (Phi) is 4.99. The zero-order valence-corrected chi connectivity index (χ0v) is 14.6. The summed E-state index contributed by atoms with van der Waals surface area (Å²) >= 11 is 0. The van der Waals surface area contributed by atoms with Crippen molar-refractivity contribution in [3.05, 3.63) is 48.0 Å². The summed E-state index contributed by atoms with van der Waals surface area (Å²) < 4.78 is 19.0. The molecule has 0 bridgehead atoms. The first-order chi connectivity index (χ1) is 12.7. The van der Waals surface area contributed by atoms with E-state index in [1.807, 2.05) is 6.07 Å². The van der Waals surface area contributed by atoms with Gasteiger partial charge < -0.3 is 19.6 Å². The van der Waals surface area contributed by atoms with E-state index in [1.54, 1.807) is 18.5 Å². The minimum Gasteiger partial charge on any atom is -0.393 e. The van der Waals surface area contributed by atoms with Crippen molar-refractivity contribution in [1.29, 1.82) is 0 Å². The normalized spacial score (nSPS) is 21.8. The Hall–Kier alpha value is -2.25. The highest BCUT2D eigenvalue weighted by atomic mass is 19.1. The molecular formula is C19H23FN4O2. The van der Waals surface area contributed by atoms with Gasteiger partial charge in [0.25, 0.3) is 0 Å². The van der Waals surface area contributed by atoms with Crippen molar-refractivity contribution in [1.82, 2.24) is 9.97 Å². The van der Waals surface area contributed by atoms with Crippen LogP contribution in [0, 0.1) is 5.82 Å². The predicted molar refractivity (Wildman–Crippen MR) is 96.8 cm³/mol. The largest absolute Gasteiger partial charge is 0.393 e. The van der Waals surface area contributed by atoms with Crippen LogP contribution in [0.2, 0.25) is 0 Å². The lowest BCUT2D eigenvalue weighted by molar-refractivity contribution is 0.0395. The number of anilines is 2. The lowest BCUT2D eigenvalue weighted by Gasteiger charge is -2.35. The van der Waals surface area contributed by atoms with Crippen molar-refractivity contribution in [3.63, 3.8) is 0 Å². The van der Waals surface area contributed by atoms with Gasteiger partial charge in [0, 0.05) is 32.2 Å². The molecule has 0 aliphatic carbocycles. The molecular weight excluding hydrogens is 335 g/mol. The fourth-order valence-electron chi connectivity index (χ4n) is 3.51. The first-order valence-electron chi connectivity index (χ1n) is 9.06. The van der Waals surface area contributed by atoms with Crippen LogP contribution in [0.4, 0.5) is 16.0 Å². The number of aromatic nitrogens is 2. The van der Waals surface area contributed by atoms with Gasteiger partial charge in [0.05, 0.1) is 12.7 Å². The fourth-order valence-corrected chi connectivity index (χ4v) is 3.51. The lowest BCUT2D eigenvalue weighted by atomic mass is 10.1. The summed E-state index contributed by atoms with van der Waals surface area (Å²) in [5, 5.41) is 9.68. The molecule has 1 aromatic heterocycles. The molecule has 0 saturated carbocycles. The molecule has 2 aromatic rings. The van der Waals surface area contributed by atoms with Crippen molar-refractivity contribution < 1.29 is 14.2 Å². The van der Waals surface area contributed by atoms with Crippen LogP contribution >= 0.6 is 0 Å². The molecule has 0 spiro atoms. The zero-order chi connectivity index (χ0) is 17.9. The second-order valence-corrected chi connectivity index (χ2v) is 6.81. The van der Waals surface area contributed by atoms with E-state index in [0.29, 0.717) is 13.2 Å². The third kappa shape index (κ3) is 3.78. The molecule has 1 aromatic carbocycles. The summed E-state index contributed by atoms with van der Waals surface area (Å²) in [7, 11) is 0. The molecule has 4 rings (SSSR count). The van der Waals surface area contributed by atoms with Gasteiger partial charge in [-0.25, -0.2) is 14.4 Å². The van der Waals surface area contributed by atoms with Gasteiger partial charge in [-0.15, -0.1) is 0 Å². The number of aliphatic hydroxyl groups is 1. The molecule has 2 aliphatic heterocycles. The van der Waals surface area contributed by atoms with E-state index in [-0.39, 0.29) is 18.0 Å². The average molecular weight is 358 g/mol. The van der Waals surface area contributed by atoms with Crippen LogP contribution in [0.3, 0.4) is 0 Å². The quantitative estimate of drug-likeness (QED) is 0.907. The maximum atomic E-state index is 13.2. The Balaban J connectivity index is 1.48. The molecule has 2 saturated heterocycles. The highest BCUT2D eigenvalue weighted by molar-refractivity contribution is 5.51. The van der Waals surface area contributed by atoms with Gasteiger partial charge >= 0.3 is 0 Å². The summed E-state index contributed by atoms with van der Waals surface area (Å²) in [5.41, 5.74) is 0.968. The Bertz CT molecular complexity index is 735. The number of halogens is 1. The molecule has 2 aliphatic rings. The van der Waals surface area contributed by atoms with Crippen LogP contribution in [0.15, 0.2) is 36.7 Å².